The molecule has 2 aromatic rings. The highest BCUT2D eigenvalue weighted by Gasteiger charge is 2.07. The molecular formula is C15H15ClFNS. The van der Waals surface area contributed by atoms with E-state index in [1.54, 1.807) is 23.9 Å². The first kappa shape index (κ1) is 14.4. The molecule has 0 radical (unpaired) electrons. The van der Waals surface area contributed by atoms with Crippen molar-refractivity contribution in [3.63, 3.8) is 0 Å². The maximum absolute atomic E-state index is 12.8. The molecule has 19 heavy (non-hydrogen) atoms. The number of nitrogens with two attached hydrogens (primary N) is 1. The van der Waals surface area contributed by atoms with Crippen molar-refractivity contribution in [1.82, 2.24) is 0 Å². The highest BCUT2D eigenvalue weighted by Crippen LogP contribution is 2.21. The average molecular weight is 296 g/mol. The second-order valence-electron chi connectivity index (χ2n) is 4.32. The molecule has 0 aromatic heterocycles. The van der Waals surface area contributed by atoms with Gasteiger partial charge in [-0.1, -0.05) is 29.8 Å². The molecule has 0 amide bonds. The van der Waals surface area contributed by atoms with Crippen molar-refractivity contribution in [2.24, 2.45) is 5.73 Å². The molecule has 0 heterocycles. The van der Waals surface area contributed by atoms with Crippen molar-refractivity contribution in [3.8, 4) is 0 Å². The average Bonchev–Trinajstić information content (AvgIpc) is 2.41. The zero-order valence-corrected chi connectivity index (χ0v) is 11.9. The lowest BCUT2D eigenvalue weighted by atomic mass is 10.1. The first-order valence-electron chi connectivity index (χ1n) is 6.02. The summed E-state index contributed by atoms with van der Waals surface area (Å²) >= 11 is 7.73. The van der Waals surface area contributed by atoms with Gasteiger partial charge in [-0.15, -0.1) is 11.8 Å². The SMILES string of the molecule is NC(CSc1ccc(F)cc1)Cc1ccccc1Cl. The van der Waals surface area contributed by atoms with Crippen molar-refractivity contribution in [3.05, 3.63) is 64.9 Å². The molecule has 0 saturated carbocycles. The third kappa shape index (κ3) is 4.53. The van der Waals surface area contributed by atoms with Crippen LogP contribution in [0.25, 0.3) is 0 Å². The Labute approximate surface area is 122 Å². The van der Waals surface area contributed by atoms with Gasteiger partial charge in [-0.25, -0.2) is 4.39 Å². The molecule has 0 spiro atoms. The smallest absolute Gasteiger partial charge is 0.123 e. The molecule has 0 bridgehead atoms. The summed E-state index contributed by atoms with van der Waals surface area (Å²) in [4.78, 5) is 1.02. The summed E-state index contributed by atoms with van der Waals surface area (Å²) in [6, 6.07) is 14.2. The first-order chi connectivity index (χ1) is 9.15. The maximum Gasteiger partial charge on any atom is 0.123 e. The van der Waals surface area contributed by atoms with Crippen molar-refractivity contribution in [2.75, 3.05) is 5.75 Å². The van der Waals surface area contributed by atoms with Crippen LogP contribution in [0.3, 0.4) is 0 Å². The van der Waals surface area contributed by atoms with Crippen LogP contribution >= 0.6 is 23.4 Å². The van der Waals surface area contributed by atoms with Crippen LogP contribution in [0.4, 0.5) is 4.39 Å². The van der Waals surface area contributed by atoms with Crippen LogP contribution in [-0.2, 0) is 6.42 Å². The Morgan fingerprint density at radius 3 is 2.47 bits per heavy atom. The fourth-order valence-corrected chi connectivity index (χ4v) is 2.81. The minimum Gasteiger partial charge on any atom is -0.327 e. The lowest BCUT2D eigenvalue weighted by Gasteiger charge is -2.12. The zero-order chi connectivity index (χ0) is 13.7. The van der Waals surface area contributed by atoms with Crippen LogP contribution in [0, 0.1) is 5.82 Å². The van der Waals surface area contributed by atoms with Gasteiger partial charge < -0.3 is 5.73 Å². The molecule has 1 nitrogen and oxygen atoms in total. The molecule has 0 saturated heterocycles. The van der Waals surface area contributed by atoms with E-state index in [1.807, 2.05) is 24.3 Å². The topological polar surface area (TPSA) is 26.0 Å². The molecule has 2 N–H and O–H groups in total. The normalized spacial score (nSPS) is 12.4. The molecule has 2 rings (SSSR count). The van der Waals surface area contributed by atoms with E-state index in [0.717, 1.165) is 27.7 Å². The van der Waals surface area contributed by atoms with Gasteiger partial charge in [0.25, 0.3) is 0 Å². The predicted molar refractivity (Wildman–Crippen MR) is 80.3 cm³/mol. The first-order valence-corrected chi connectivity index (χ1v) is 7.39. The van der Waals surface area contributed by atoms with E-state index >= 15 is 0 Å². The highest BCUT2D eigenvalue weighted by atomic mass is 35.5. The second kappa shape index (κ2) is 6.94. The van der Waals surface area contributed by atoms with Crippen molar-refractivity contribution in [1.29, 1.82) is 0 Å². The van der Waals surface area contributed by atoms with Gasteiger partial charge in [-0.2, -0.15) is 0 Å². The van der Waals surface area contributed by atoms with Crippen molar-refractivity contribution >= 4 is 23.4 Å². The van der Waals surface area contributed by atoms with Crippen molar-refractivity contribution < 1.29 is 4.39 Å². The Morgan fingerprint density at radius 2 is 1.79 bits per heavy atom. The number of hydrogen-bond acceptors (Lipinski definition) is 2. The Kier molecular flexibility index (Phi) is 5.25. The molecule has 100 valence electrons. The van der Waals surface area contributed by atoms with E-state index in [0.29, 0.717) is 0 Å². The fourth-order valence-electron chi connectivity index (χ4n) is 1.74. The molecule has 1 unspecified atom stereocenters. The van der Waals surface area contributed by atoms with E-state index in [-0.39, 0.29) is 11.9 Å². The van der Waals surface area contributed by atoms with Gasteiger partial charge in [0, 0.05) is 21.7 Å². The van der Waals surface area contributed by atoms with Gasteiger partial charge in [-0.05, 0) is 42.3 Å². The van der Waals surface area contributed by atoms with Crippen LogP contribution in [0.2, 0.25) is 5.02 Å². The number of thioether (sulfide) groups is 1. The molecule has 0 fully saturated rings. The standard InChI is InChI=1S/C15H15ClFNS/c16-15-4-2-1-3-11(15)9-13(18)10-19-14-7-5-12(17)6-8-14/h1-8,13H,9-10,18H2. The molecule has 4 heteroatoms. The van der Waals surface area contributed by atoms with Gasteiger partial charge in [0.05, 0.1) is 0 Å². The molecular weight excluding hydrogens is 281 g/mol. The lowest BCUT2D eigenvalue weighted by Crippen LogP contribution is -2.25. The van der Waals surface area contributed by atoms with Gasteiger partial charge in [0.15, 0.2) is 0 Å². The minimum absolute atomic E-state index is 0.0231. The summed E-state index contributed by atoms with van der Waals surface area (Å²) in [6.07, 6.45) is 0.744. The zero-order valence-electron chi connectivity index (χ0n) is 10.4. The monoisotopic (exact) mass is 295 g/mol. The summed E-state index contributed by atoms with van der Waals surface area (Å²) in [6.45, 7) is 0. The van der Waals surface area contributed by atoms with Crippen molar-refractivity contribution in [2.45, 2.75) is 17.4 Å². The van der Waals surface area contributed by atoms with Gasteiger partial charge >= 0.3 is 0 Å². The number of rotatable bonds is 5. The van der Waals surface area contributed by atoms with Crippen LogP contribution in [0.1, 0.15) is 5.56 Å². The molecule has 0 aliphatic carbocycles. The predicted octanol–water partition coefficient (Wildman–Crippen LogP) is 4.14. The van der Waals surface area contributed by atoms with Gasteiger partial charge in [0.2, 0.25) is 0 Å². The minimum atomic E-state index is -0.218. The molecule has 1 atom stereocenters. The number of benzene rings is 2. The summed E-state index contributed by atoms with van der Waals surface area (Å²) in [7, 11) is 0. The fraction of sp³-hybridized carbons (Fsp3) is 0.200. The Balaban J connectivity index is 1.86. The van der Waals surface area contributed by atoms with E-state index in [2.05, 4.69) is 0 Å². The summed E-state index contributed by atoms with van der Waals surface area (Å²) in [5.41, 5.74) is 7.16. The van der Waals surface area contributed by atoms with Crippen LogP contribution in [-0.4, -0.2) is 11.8 Å². The Bertz CT molecular complexity index is 530. The largest absolute Gasteiger partial charge is 0.327 e. The molecule has 2 aromatic carbocycles. The Morgan fingerprint density at radius 1 is 1.11 bits per heavy atom. The van der Waals surface area contributed by atoms with E-state index in [4.69, 9.17) is 17.3 Å². The van der Waals surface area contributed by atoms with Crippen LogP contribution < -0.4 is 5.73 Å². The van der Waals surface area contributed by atoms with Gasteiger partial charge in [-0.3, -0.25) is 0 Å². The maximum atomic E-state index is 12.8. The van der Waals surface area contributed by atoms with Crippen LogP contribution in [0.5, 0.6) is 0 Å². The quantitative estimate of drug-likeness (QED) is 0.839. The Hall–Kier alpha value is -1.03. The number of halogens is 2. The van der Waals surface area contributed by atoms with Crippen LogP contribution in [0.15, 0.2) is 53.4 Å². The van der Waals surface area contributed by atoms with E-state index < -0.39 is 0 Å². The lowest BCUT2D eigenvalue weighted by molar-refractivity contribution is 0.626. The summed E-state index contributed by atoms with van der Waals surface area (Å²) in [5.74, 6) is 0.557. The molecule has 0 aliphatic heterocycles. The third-order valence-corrected chi connectivity index (χ3v) is 4.29. The second-order valence-corrected chi connectivity index (χ2v) is 5.82. The summed E-state index contributed by atoms with van der Waals surface area (Å²) < 4.78 is 12.8. The van der Waals surface area contributed by atoms with E-state index in [1.165, 1.54) is 12.1 Å². The van der Waals surface area contributed by atoms with E-state index in [9.17, 15) is 4.39 Å². The highest BCUT2D eigenvalue weighted by molar-refractivity contribution is 7.99. The number of hydrogen-bond donors (Lipinski definition) is 1. The van der Waals surface area contributed by atoms with Gasteiger partial charge in [0.1, 0.15) is 5.82 Å². The summed E-state index contributed by atoms with van der Waals surface area (Å²) in [5, 5.41) is 0.754. The molecule has 0 aliphatic rings. The third-order valence-electron chi connectivity index (χ3n) is 2.72.